The summed E-state index contributed by atoms with van der Waals surface area (Å²) >= 11 is 6.28. The Kier molecular flexibility index (Phi) is 4.05. The number of likely N-dealkylation sites (tertiary alicyclic amines) is 1. The highest BCUT2D eigenvalue weighted by Crippen LogP contribution is 2.53. The fourth-order valence-corrected chi connectivity index (χ4v) is 5.34. The van der Waals surface area contributed by atoms with Gasteiger partial charge in [0.2, 0.25) is 17.7 Å². The van der Waals surface area contributed by atoms with Crippen LogP contribution in [0.1, 0.15) is 18.1 Å². The number of imide groups is 1. The minimum absolute atomic E-state index is 0.212. The lowest BCUT2D eigenvalue weighted by Gasteiger charge is -2.29. The van der Waals surface area contributed by atoms with E-state index in [-0.39, 0.29) is 23.8 Å². The molecule has 2 aromatic carbocycles. The molecular weight excluding hydrogens is 390 g/mol. The van der Waals surface area contributed by atoms with Crippen LogP contribution in [0.3, 0.4) is 0 Å². The minimum atomic E-state index is -1.27. The molecule has 3 aliphatic rings. The number of hydrogen-bond acceptors (Lipinski definition) is 4. The summed E-state index contributed by atoms with van der Waals surface area (Å²) < 4.78 is 0. The third-order valence-electron chi connectivity index (χ3n) is 6.40. The highest BCUT2D eigenvalue weighted by atomic mass is 35.5. The minimum Gasteiger partial charge on any atom is -0.323 e. The van der Waals surface area contributed by atoms with E-state index in [4.69, 9.17) is 11.6 Å². The summed E-state index contributed by atoms with van der Waals surface area (Å²) in [6.45, 7) is 2.16. The molecular formula is C22H20ClN3O3. The first-order valence-corrected chi connectivity index (χ1v) is 10.1. The summed E-state index contributed by atoms with van der Waals surface area (Å²) in [5.41, 5.74) is 0.947. The van der Waals surface area contributed by atoms with Gasteiger partial charge in [0.05, 0.1) is 22.5 Å². The van der Waals surface area contributed by atoms with Crippen molar-refractivity contribution in [2.24, 2.45) is 11.8 Å². The van der Waals surface area contributed by atoms with Gasteiger partial charge >= 0.3 is 0 Å². The van der Waals surface area contributed by atoms with E-state index >= 15 is 0 Å². The van der Waals surface area contributed by atoms with E-state index in [0.29, 0.717) is 29.2 Å². The average molecular weight is 410 g/mol. The highest BCUT2D eigenvalue weighted by molar-refractivity contribution is 6.35. The number of para-hydroxylation sites is 1. The second kappa shape index (κ2) is 6.40. The van der Waals surface area contributed by atoms with E-state index < -0.39 is 17.4 Å². The number of nitrogens with zero attached hydrogens (tertiary/aromatic N) is 1. The predicted octanol–water partition coefficient (Wildman–Crippen LogP) is 2.32. The number of carbonyl (C=O) groups is 3. The Balaban J connectivity index is 1.52. The van der Waals surface area contributed by atoms with Crippen LogP contribution in [-0.4, -0.2) is 35.2 Å². The molecule has 2 saturated heterocycles. The first-order valence-electron chi connectivity index (χ1n) is 9.72. The van der Waals surface area contributed by atoms with Gasteiger partial charge in [0, 0.05) is 18.2 Å². The molecule has 4 atom stereocenters. The Morgan fingerprint density at radius 1 is 1.03 bits per heavy atom. The molecule has 4 unspecified atom stereocenters. The normalized spacial score (nSPS) is 30.1. The topological polar surface area (TPSA) is 78.5 Å². The van der Waals surface area contributed by atoms with Gasteiger partial charge in [-0.05, 0) is 25.0 Å². The first-order chi connectivity index (χ1) is 13.9. The van der Waals surface area contributed by atoms with Crippen LogP contribution in [0.15, 0.2) is 48.5 Å². The summed E-state index contributed by atoms with van der Waals surface area (Å²) in [5.74, 6) is -2.19. The number of fused-ring (bicyclic) bond motifs is 4. The van der Waals surface area contributed by atoms with E-state index in [1.165, 1.54) is 4.90 Å². The van der Waals surface area contributed by atoms with Crippen molar-refractivity contribution in [2.45, 2.75) is 24.9 Å². The maximum atomic E-state index is 13.4. The van der Waals surface area contributed by atoms with Crippen LogP contribution in [0.25, 0.3) is 0 Å². The van der Waals surface area contributed by atoms with E-state index in [9.17, 15) is 14.4 Å². The molecule has 0 radical (unpaired) electrons. The van der Waals surface area contributed by atoms with Crippen LogP contribution in [0.5, 0.6) is 0 Å². The Labute approximate surface area is 173 Å². The number of halogens is 1. The van der Waals surface area contributed by atoms with Crippen molar-refractivity contribution in [3.8, 4) is 0 Å². The first kappa shape index (κ1) is 18.3. The van der Waals surface area contributed by atoms with Gasteiger partial charge in [-0.15, -0.1) is 0 Å². The number of benzene rings is 2. The zero-order valence-corrected chi connectivity index (χ0v) is 16.6. The predicted molar refractivity (Wildman–Crippen MR) is 108 cm³/mol. The lowest BCUT2D eigenvalue weighted by atomic mass is 9.76. The quantitative estimate of drug-likeness (QED) is 0.762. The molecule has 3 heterocycles. The number of anilines is 1. The van der Waals surface area contributed by atoms with Crippen molar-refractivity contribution < 1.29 is 14.4 Å². The monoisotopic (exact) mass is 409 g/mol. The molecule has 7 heteroatoms. The third kappa shape index (κ3) is 2.42. The third-order valence-corrected chi connectivity index (χ3v) is 6.72. The van der Waals surface area contributed by atoms with E-state index in [0.717, 1.165) is 5.56 Å². The summed E-state index contributed by atoms with van der Waals surface area (Å²) in [5, 5.41) is 6.52. The summed E-state index contributed by atoms with van der Waals surface area (Å²) in [4.78, 5) is 41.0. The molecule has 3 amide bonds. The number of rotatable bonds is 3. The Morgan fingerprint density at radius 3 is 2.55 bits per heavy atom. The maximum absolute atomic E-state index is 13.4. The molecule has 0 bridgehead atoms. The Hall–Kier alpha value is -2.70. The number of hydrogen-bond donors (Lipinski definition) is 2. The largest absolute Gasteiger partial charge is 0.323 e. The molecule has 1 spiro atoms. The van der Waals surface area contributed by atoms with Gasteiger partial charge in [-0.2, -0.15) is 0 Å². The smallest absolute Gasteiger partial charge is 0.250 e. The Bertz CT molecular complexity index is 1040. The number of amides is 3. The van der Waals surface area contributed by atoms with Gasteiger partial charge < -0.3 is 5.32 Å². The molecule has 0 saturated carbocycles. The van der Waals surface area contributed by atoms with Crippen LogP contribution < -0.4 is 10.6 Å². The summed E-state index contributed by atoms with van der Waals surface area (Å²) in [7, 11) is 0. The zero-order chi connectivity index (χ0) is 20.3. The van der Waals surface area contributed by atoms with Crippen molar-refractivity contribution in [1.82, 2.24) is 10.2 Å². The summed E-state index contributed by atoms with van der Waals surface area (Å²) in [6, 6.07) is 14.7. The molecule has 2 aromatic rings. The van der Waals surface area contributed by atoms with Gasteiger partial charge in [-0.25, -0.2) is 0 Å². The van der Waals surface area contributed by atoms with Crippen molar-refractivity contribution in [2.75, 3.05) is 11.9 Å². The fraction of sp³-hybridized carbons (Fsp3) is 0.318. The van der Waals surface area contributed by atoms with Gasteiger partial charge in [0.1, 0.15) is 5.54 Å². The average Bonchev–Trinajstić information content (AvgIpc) is 3.27. The van der Waals surface area contributed by atoms with Gasteiger partial charge in [-0.1, -0.05) is 54.1 Å². The van der Waals surface area contributed by atoms with Crippen molar-refractivity contribution in [1.29, 1.82) is 0 Å². The van der Waals surface area contributed by atoms with E-state index in [1.807, 2.05) is 37.3 Å². The van der Waals surface area contributed by atoms with Crippen LogP contribution in [0.2, 0.25) is 5.02 Å². The maximum Gasteiger partial charge on any atom is 0.250 e. The molecule has 5 rings (SSSR count). The second-order valence-electron chi connectivity index (χ2n) is 7.92. The van der Waals surface area contributed by atoms with Crippen molar-refractivity contribution in [3.05, 3.63) is 64.7 Å². The van der Waals surface area contributed by atoms with Gasteiger partial charge in [0.15, 0.2) is 0 Å². The number of carbonyl (C=O) groups excluding carboxylic acids is 3. The van der Waals surface area contributed by atoms with Crippen LogP contribution in [0.4, 0.5) is 5.69 Å². The zero-order valence-electron chi connectivity index (χ0n) is 15.8. The fourth-order valence-electron chi connectivity index (χ4n) is 5.12. The molecule has 3 aliphatic heterocycles. The van der Waals surface area contributed by atoms with E-state index in [1.54, 1.807) is 18.2 Å². The molecule has 148 valence electrons. The standard InChI is InChI=1S/C22H20ClN3O3/c1-12-16-17(20(28)26(19(16)27)11-10-13-6-3-2-4-7-13)22(25-12)14-8-5-9-15(23)18(14)24-21(22)29/h2-9,12,16-17,25H,10-11H2,1H3,(H,24,29). The van der Waals surface area contributed by atoms with Gasteiger partial charge in [0.25, 0.3) is 0 Å². The highest BCUT2D eigenvalue weighted by Gasteiger charge is 2.69. The molecule has 2 N–H and O–H groups in total. The van der Waals surface area contributed by atoms with Crippen LogP contribution >= 0.6 is 11.6 Å². The second-order valence-corrected chi connectivity index (χ2v) is 8.33. The van der Waals surface area contributed by atoms with Crippen LogP contribution in [-0.2, 0) is 26.3 Å². The summed E-state index contributed by atoms with van der Waals surface area (Å²) in [6.07, 6.45) is 0.585. The molecule has 0 aromatic heterocycles. The SMILES string of the molecule is CC1NC2(C(=O)Nc3c(Cl)cccc32)C2C(=O)N(CCc3ccccc3)C(=O)C12. The van der Waals surface area contributed by atoms with Crippen molar-refractivity contribution in [3.63, 3.8) is 0 Å². The Morgan fingerprint density at radius 2 is 1.79 bits per heavy atom. The lowest BCUT2D eigenvalue weighted by molar-refractivity contribution is -0.142. The van der Waals surface area contributed by atoms with Gasteiger partial charge in [-0.3, -0.25) is 24.6 Å². The van der Waals surface area contributed by atoms with E-state index in [2.05, 4.69) is 10.6 Å². The molecule has 0 aliphatic carbocycles. The molecule has 2 fully saturated rings. The lowest BCUT2D eigenvalue weighted by Crippen LogP contribution is -2.53. The molecule has 6 nitrogen and oxygen atoms in total. The van der Waals surface area contributed by atoms with Crippen molar-refractivity contribution >= 4 is 35.0 Å². The number of nitrogens with one attached hydrogen (secondary N) is 2. The molecule has 29 heavy (non-hydrogen) atoms. The van der Waals surface area contributed by atoms with Crippen LogP contribution in [0, 0.1) is 11.8 Å².